The highest BCUT2D eigenvalue weighted by Crippen LogP contribution is 2.23. The van der Waals surface area contributed by atoms with Crippen LogP contribution in [0.25, 0.3) is 0 Å². The molecule has 0 radical (unpaired) electrons. The molecular weight excluding hydrogens is 353 g/mol. The molecule has 0 aromatic carbocycles. The number of hydrogen-bond acceptors (Lipinski definition) is 3. The molecule has 1 aromatic heterocycles. The number of alkyl halides is 1. The van der Waals surface area contributed by atoms with Gasteiger partial charge in [-0.1, -0.05) is 0 Å². The number of halogens is 2. The zero-order valence-corrected chi connectivity index (χ0v) is 11.4. The molecule has 1 N–H and O–H groups in total. The molecule has 0 fully saturated rings. The van der Waals surface area contributed by atoms with Crippen molar-refractivity contribution in [2.24, 2.45) is 0 Å². The number of sulfonamides is 1. The molecule has 0 spiro atoms. The molecule has 1 aliphatic heterocycles. The molecule has 2 rings (SSSR count). The number of nitrogens with zero attached hydrogens (tertiary/aromatic N) is 2. The maximum Gasteiger partial charge on any atom is 0.228 e. The van der Waals surface area contributed by atoms with E-state index < -0.39 is 10.0 Å². The Hall–Kier alpha value is 0.140. The highest BCUT2D eigenvalue weighted by Gasteiger charge is 2.28. The largest absolute Gasteiger partial charge is 0.281 e. The van der Waals surface area contributed by atoms with Crippen LogP contribution < -0.4 is 0 Å². The Balaban J connectivity index is 2.29. The van der Waals surface area contributed by atoms with E-state index in [2.05, 4.69) is 32.8 Å². The Labute approximate surface area is 106 Å². The second-order valence-electron chi connectivity index (χ2n) is 3.28. The van der Waals surface area contributed by atoms with Gasteiger partial charge in [-0.05, 0) is 22.6 Å². The first-order valence-corrected chi connectivity index (χ1v) is 7.52. The van der Waals surface area contributed by atoms with Crippen LogP contribution in [0.5, 0.6) is 0 Å². The molecule has 5 nitrogen and oxygen atoms in total. The van der Waals surface area contributed by atoms with Crippen molar-refractivity contribution in [3.63, 3.8) is 0 Å². The van der Waals surface area contributed by atoms with Crippen LogP contribution in [-0.4, -0.2) is 34.7 Å². The summed E-state index contributed by atoms with van der Waals surface area (Å²) in [5.74, 6) is 0. The van der Waals surface area contributed by atoms with Crippen molar-refractivity contribution in [1.82, 2.24) is 14.5 Å². The summed E-state index contributed by atoms with van der Waals surface area (Å²) in [4.78, 5) is 0. The van der Waals surface area contributed by atoms with Gasteiger partial charge in [0.2, 0.25) is 10.0 Å². The van der Waals surface area contributed by atoms with Gasteiger partial charge in [-0.25, -0.2) is 8.42 Å². The molecule has 0 aliphatic carbocycles. The molecular formula is C7H9ClIN3O2S. The topological polar surface area (TPSA) is 66.1 Å². The van der Waals surface area contributed by atoms with Crippen LogP contribution >= 0.6 is 34.2 Å². The van der Waals surface area contributed by atoms with Gasteiger partial charge >= 0.3 is 0 Å². The van der Waals surface area contributed by atoms with Crippen molar-refractivity contribution in [1.29, 1.82) is 0 Å². The van der Waals surface area contributed by atoms with Crippen LogP contribution in [0.3, 0.4) is 0 Å². The Bertz CT molecular complexity index is 473. The van der Waals surface area contributed by atoms with Gasteiger partial charge in [-0.15, -0.1) is 11.6 Å². The van der Waals surface area contributed by atoms with Crippen LogP contribution in [0.2, 0.25) is 0 Å². The van der Waals surface area contributed by atoms with Crippen LogP contribution in [0, 0.1) is 3.70 Å². The predicted molar refractivity (Wildman–Crippen MR) is 65.1 cm³/mol. The average Bonchev–Trinajstić information content (AvgIpc) is 2.60. The zero-order chi connectivity index (χ0) is 11.1. The Morgan fingerprint density at radius 2 is 2.33 bits per heavy atom. The Kier molecular flexibility index (Phi) is 3.25. The third kappa shape index (κ3) is 2.15. The first-order valence-electron chi connectivity index (χ1n) is 4.30. The summed E-state index contributed by atoms with van der Waals surface area (Å²) in [6.07, 6.45) is 0.668. The van der Waals surface area contributed by atoms with Crippen LogP contribution in [0.15, 0.2) is 0 Å². The number of hydrogen-bond donors (Lipinski definition) is 1. The van der Waals surface area contributed by atoms with Crippen molar-refractivity contribution >= 4 is 44.2 Å². The van der Waals surface area contributed by atoms with Crippen molar-refractivity contribution in [2.45, 2.75) is 13.0 Å². The lowest BCUT2D eigenvalue weighted by atomic mass is 10.1. The van der Waals surface area contributed by atoms with Gasteiger partial charge in [0.05, 0.1) is 0 Å². The van der Waals surface area contributed by atoms with Gasteiger partial charge in [0.15, 0.2) is 0 Å². The molecule has 84 valence electrons. The normalized spacial score (nSPS) is 17.7. The fraction of sp³-hybridized carbons (Fsp3) is 0.571. The van der Waals surface area contributed by atoms with E-state index in [-0.39, 0.29) is 5.21 Å². The maximum atomic E-state index is 11.6. The summed E-state index contributed by atoms with van der Waals surface area (Å²) < 4.78 is 25.3. The molecule has 2 heterocycles. The summed E-state index contributed by atoms with van der Waals surface area (Å²) >= 11 is 7.50. The van der Waals surface area contributed by atoms with Gasteiger partial charge in [-0.2, -0.15) is 9.40 Å². The first-order chi connectivity index (χ1) is 7.04. The lowest BCUT2D eigenvalue weighted by molar-refractivity contribution is 0.392. The van der Waals surface area contributed by atoms with Gasteiger partial charge in [0.1, 0.15) is 8.91 Å². The smallest absolute Gasteiger partial charge is 0.228 e. The lowest BCUT2D eigenvalue weighted by Crippen LogP contribution is -2.36. The molecule has 0 amide bonds. The summed E-state index contributed by atoms with van der Waals surface area (Å²) in [6, 6.07) is 0. The lowest BCUT2D eigenvalue weighted by Gasteiger charge is -2.24. The molecule has 1 aromatic rings. The highest BCUT2D eigenvalue weighted by atomic mass is 127. The van der Waals surface area contributed by atoms with Crippen LogP contribution in [0.4, 0.5) is 0 Å². The molecule has 8 heteroatoms. The average molecular weight is 362 g/mol. The third-order valence-electron chi connectivity index (χ3n) is 2.38. The Morgan fingerprint density at radius 1 is 1.60 bits per heavy atom. The molecule has 0 saturated carbocycles. The SMILES string of the molecule is O=S(=O)(CCl)N1CCc2[nH]nc(I)c2C1. The number of fused-ring (bicyclic) bond motifs is 1. The van der Waals surface area contributed by atoms with Crippen LogP contribution in [0.1, 0.15) is 11.3 Å². The van der Waals surface area contributed by atoms with E-state index in [1.165, 1.54) is 4.31 Å². The van der Waals surface area contributed by atoms with Gasteiger partial charge in [0.25, 0.3) is 0 Å². The summed E-state index contributed by atoms with van der Waals surface area (Å²) in [5.41, 5.74) is 2.00. The van der Waals surface area contributed by atoms with Gasteiger partial charge in [0, 0.05) is 30.8 Å². The fourth-order valence-electron chi connectivity index (χ4n) is 1.54. The van der Waals surface area contributed by atoms with E-state index in [1.807, 2.05) is 0 Å². The molecule has 0 saturated heterocycles. The van der Waals surface area contributed by atoms with Crippen molar-refractivity contribution < 1.29 is 8.42 Å². The number of H-pyrrole nitrogens is 1. The van der Waals surface area contributed by atoms with Crippen molar-refractivity contribution in [3.8, 4) is 0 Å². The molecule has 0 unspecified atom stereocenters. The number of rotatable bonds is 2. The molecule has 0 atom stereocenters. The monoisotopic (exact) mass is 361 g/mol. The summed E-state index contributed by atoms with van der Waals surface area (Å²) in [5, 5.41) is 6.59. The summed E-state index contributed by atoms with van der Waals surface area (Å²) in [6.45, 7) is 0.847. The minimum atomic E-state index is -3.30. The van der Waals surface area contributed by atoms with Gasteiger partial charge in [-0.3, -0.25) is 5.10 Å². The van der Waals surface area contributed by atoms with Crippen molar-refractivity contribution in [3.05, 3.63) is 15.0 Å². The zero-order valence-electron chi connectivity index (χ0n) is 7.70. The Morgan fingerprint density at radius 3 is 3.00 bits per heavy atom. The van der Waals surface area contributed by atoms with E-state index in [0.29, 0.717) is 19.5 Å². The number of aromatic amines is 1. The van der Waals surface area contributed by atoms with Gasteiger partial charge < -0.3 is 0 Å². The van der Waals surface area contributed by atoms with E-state index in [4.69, 9.17) is 11.6 Å². The number of aromatic nitrogens is 2. The number of nitrogens with one attached hydrogen (secondary N) is 1. The minimum Gasteiger partial charge on any atom is -0.281 e. The standard InChI is InChI=1S/C7H9ClIN3O2S/c8-4-15(13,14)12-2-1-6-5(3-12)7(9)11-10-6/h1-4H2,(H,10,11). The first kappa shape index (κ1) is 11.6. The minimum absolute atomic E-state index is 0.364. The van der Waals surface area contributed by atoms with Crippen molar-refractivity contribution in [2.75, 3.05) is 11.8 Å². The third-order valence-corrected chi connectivity index (χ3v) is 5.47. The quantitative estimate of drug-likeness (QED) is 0.629. The molecule has 1 aliphatic rings. The second kappa shape index (κ2) is 4.19. The maximum absolute atomic E-state index is 11.6. The van der Waals surface area contributed by atoms with E-state index in [1.54, 1.807) is 0 Å². The summed E-state index contributed by atoms with van der Waals surface area (Å²) in [7, 11) is -3.30. The van der Waals surface area contributed by atoms with E-state index >= 15 is 0 Å². The second-order valence-corrected chi connectivity index (χ2v) is 6.85. The van der Waals surface area contributed by atoms with E-state index in [9.17, 15) is 8.42 Å². The van der Waals surface area contributed by atoms with Crippen LogP contribution in [-0.2, 0) is 23.0 Å². The molecule has 15 heavy (non-hydrogen) atoms. The fourth-order valence-corrected chi connectivity index (χ4v) is 3.41. The highest BCUT2D eigenvalue weighted by molar-refractivity contribution is 14.1. The van der Waals surface area contributed by atoms with E-state index in [0.717, 1.165) is 15.0 Å². The predicted octanol–water partition coefficient (Wildman–Crippen LogP) is 0.899. The molecule has 0 bridgehead atoms.